The van der Waals surface area contributed by atoms with Crippen LogP contribution in [-0.4, -0.2) is 29.2 Å². The number of hydrogen-bond acceptors (Lipinski definition) is 3. The molecule has 17 heavy (non-hydrogen) atoms. The van der Waals surface area contributed by atoms with Crippen molar-refractivity contribution in [3.63, 3.8) is 0 Å². The van der Waals surface area contributed by atoms with E-state index in [1.807, 2.05) is 13.8 Å². The third kappa shape index (κ3) is 4.22. The van der Waals surface area contributed by atoms with Crippen LogP contribution < -0.4 is 16.1 Å². The molecule has 1 fully saturated rings. The second kappa shape index (κ2) is 6.44. The predicted molar refractivity (Wildman–Crippen MR) is 62.5 cm³/mol. The Balaban J connectivity index is 2.50. The molecule has 0 aromatic rings. The van der Waals surface area contributed by atoms with Crippen LogP contribution in [0.25, 0.3) is 0 Å². The average molecular weight is 243 g/mol. The van der Waals surface area contributed by atoms with E-state index in [1.165, 1.54) is 5.48 Å². The molecule has 3 amide bonds. The lowest BCUT2D eigenvalue weighted by atomic mass is 10.0. The Morgan fingerprint density at radius 3 is 2.29 bits per heavy atom. The second-order valence-electron chi connectivity index (χ2n) is 4.80. The number of urea groups is 1. The highest BCUT2D eigenvalue weighted by Gasteiger charge is 2.26. The first kappa shape index (κ1) is 13.8. The molecule has 0 heterocycles. The first-order valence-electron chi connectivity index (χ1n) is 6.05. The zero-order valence-electron chi connectivity index (χ0n) is 10.3. The number of hydrogen-bond donors (Lipinski definition) is 4. The van der Waals surface area contributed by atoms with Gasteiger partial charge in [-0.1, -0.05) is 26.7 Å². The molecule has 1 saturated carbocycles. The number of nitrogens with one attached hydrogen (secondary N) is 3. The molecule has 0 radical (unpaired) electrons. The Morgan fingerprint density at radius 1 is 1.24 bits per heavy atom. The molecule has 6 heteroatoms. The molecular formula is C11H21N3O3. The predicted octanol–water partition coefficient (Wildman–Crippen LogP) is 0.758. The van der Waals surface area contributed by atoms with Crippen LogP contribution in [0.5, 0.6) is 0 Å². The maximum atomic E-state index is 12.0. The highest BCUT2D eigenvalue weighted by molar-refractivity contribution is 5.87. The van der Waals surface area contributed by atoms with Crippen molar-refractivity contribution in [3.05, 3.63) is 0 Å². The fraction of sp³-hybridized carbons (Fsp3) is 0.818. The summed E-state index contributed by atoms with van der Waals surface area (Å²) in [6.45, 7) is 3.69. The van der Waals surface area contributed by atoms with E-state index in [2.05, 4.69) is 10.6 Å². The van der Waals surface area contributed by atoms with E-state index in [-0.39, 0.29) is 17.9 Å². The largest absolute Gasteiger partial charge is 0.352 e. The Morgan fingerprint density at radius 2 is 1.82 bits per heavy atom. The van der Waals surface area contributed by atoms with Crippen LogP contribution in [0.15, 0.2) is 0 Å². The number of rotatable bonds is 4. The molecule has 98 valence electrons. The lowest BCUT2D eigenvalue weighted by Gasteiger charge is -2.23. The molecule has 1 aliphatic rings. The number of hydroxylamine groups is 1. The van der Waals surface area contributed by atoms with Crippen molar-refractivity contribution in [1.29, 1.82) is 0 Å². The van der Waals surface area contributed by atoms with Gasteiger partial charge in [0, 0.05) is 6.04 Å². The molecular weight excluding hydrogens is 222 g/mol. The molecule has 0 aliphatic heterocycles. The van der Waals surface area contributed by atoms with Crippen molar-refractivity contribution < 1.29 is 14.8 Å². The SMILES string of the molecule is CC(C)[C@H](NC(=O)NO)C(=O)NC1CCCC1. The molecule has 0 unspecified atom stereocenters. The van der Waals surface area contributed by atoms with Crippen LogP contribution in [0.2, 0.25) is 0 Å². The average Bonchev–Trinajstić information content (AvgIpc) is 2.77. The first-order valence-corrected chi connectivity index (χ1v) is 6.05. The molecule has 1 aliphatic carbocycles. The van der Waals surface area contributed by atoms with Gasteiger partial charge in [-0.05, 0) is 18.8 Å². The van der Waals surface area contributed by atoms with E-state index >= 15 is 0 Å². The Kier molecular flexibility index (Phi) is 5.21. The summed E-state index contributed by atoms with van der Waals surface area (Å²) in [7, 11) is 0. The highest BCUT2D eigenvalue weighted by atomic mass is 16.5. The summed E-state index contributed by atoms with van der Waals surface area (Å²) in [6.07, 6.45) is 4.29. The van der Waals surface area contributed by atoms with E-state index in [4.69, 9.17) is 5.21 Å². The van der Waals surface area contributed by atoms with Crippen LogP contribution >= 0.6 is 0 Å². The minimum absolute atomic E-state index is 0.0336. The summed E-state index contributed by atoms with van der Waals surface area (Å²) in [6, 6.07) is -1.16. The maximum absolute atomic E-state index is 12.0. The van der Waals surface area contributed by atoms with Gasteiger partial charge in [-0.15, -0.1) is 0 Å². The zero-order chi connectivity index (χ0) is 12.8. The van der Waals surface area contributed by atoms with Gasteiger partial charge in [0.1, 0.15) is 6.04 Å². The summed E-state index contributed by atoms with van der Waals surface area (Å²) >= 11 is 0. The molecule has 4 N–H and O–H groups in total. The van der Waals surface area contributed by atoms with Gasteiger partial charge >= 0.3 is 6.03 Å². The van der Waals surface area contributed by atoms with Crippen molar-refractivity contribution in [2.75, 3.05) is 0 Å². The quantitative estimate of drug-likeness (QED) is 0.434. The Labute approximate surface area is 101 Å². The van der Waals surface area contributed by atoms with Crippen LogP contribution in [0.4, 0.5) is 4.79 Å². The summed E-state index contributed by atoms with van der Waals surface area (Å²) in [5.74, 6) is -0.218. The number of amides is 3. The molecule has 6 nitrogen and oxygen atoms in total. The van der Waals surface area contributed by atoms with E-state index < -0.39 is 12.1 Å². The second-order valence-corrected chi connectivity index (χ2v) is 4.80. The molecule has 1 rings (SSSR count). The van der Waals surface area contributed by atoms with E-state index in [9.17, 15) is 9.59 Å². The van der Waals surface area contributed by atoms with Gasteiger partial charge in [-0.2, -0.15) is 0 Å². The van der Waals surface area contributed by atoms with E-state index in [0.29, 0.717) is 0 Å². The summed E-state index contributed by atoms with van der Waals surface area (Å²) in [5.41, 5.74) is 1.47. The van der Waals surface area contributed by atoms with Gasteiger partial charge in [0.05, 0.1) is 0 Å². The fourth-order valence-corrected chi connectivity index (χ4v) is 2.07. The summed E-state index contributed by atoms with van der Waals surface area (Å²) in [5, 5.41) is 13.8. The van der Waals surface area contributed by atoms with E-state index in [1.54, 1.807) is 0 Å². The standard InChI is InChI=1S/C11H21N3O3/c1-7(2)9(13-11(16)14-17)10(15)12-8-5-3-4-6-8/h7-9,17H,3-6H2,1-2H3,(H,12,15)(H2,13,14,16)/t9-/m0/s1. The van der Waals surface area contributed by atoms with Crippen LogP contribution in [0, 0.1) is 5.92 Å². The lowest BCUT2D eigenvalue weighted by molar-refractivity contribution is -0.124. The van der Waals surface area contributed by atoms with Crippen LogP contribution in [-0.2, 0) is 4.79 Å². The zero-order valence-corrected chi connectivity index (χ0v) is 10.3. The van der Waals surface area contributed by atoms with Crippen molar-refractivity contribution in [1.82, 2.24) is 16.1 Å². The molecule has 0 bridgehead atoms. The molecule has 0 spiro atoms. The minimum atomic E-state index is -0.759. The third-order valence-electron chi connectivity index (χ3n) is 3.04. The van der Waals surface area contributed by atoms with Gasteiger partial charge in [0.2, 0.25) is 5.91 Å². The van der Waals surface area contributed by atoms with E-state index in [0.717, 1.165) is 25.7 Å². The summed E-state index contributed by atoms with van der Waals surface area (Å²) < 4.78 is 0. The monoisotopic (exact) mass is 243 g/mol. The molecule has 0 aromatic heterocycles. The van der Waals surface area contributed by atoms with Gasteiger partial charge < -0.3 is 10.6 Å². The summed E-state index contributed by atoms with van der Waals surface area (Å²) in [4.78, 5) is 23.0. The van der Waals surface area contributed by atoms with Crippen molar-refractivity contribution in [3.8, 4) is 0 Å². The molecule has 0 aromatic carbocycles. The first-order chi connectivity index (χ1) is 8.04. The normalized spacial score (nSPS) is 17.9. The van der Waals surface area contributed by atoms with Crippen LogP contribution in [0.3, 0.4) is 0 Å². The lowest BCUT2D eigenvalue weighted by Crippen LogP contribution is -2.53. The fourth-order valence-electron chi connectivity index (χ4n) is 2.07. The van der Waals surface area contributed by atoms with Gasteiger partial charge in [0.25, 0.3) is 0 Å². The molecule has 0 saturated heterocycles. The van der Waals surface area contributed by atoms with Gasteiger partial charge in [-0.3, -0.25) is 10.0 Å². The Hall–Kier alpha value is -1.30. The number of carbonyl (C=O) groups is 2. The van der Waals surface area contributed by atoms with Crippen molar-refractivity contribution in [2.24, 2.45) is 5.92 Å². The maximum Gasteiger partial charge on any atom is 0.339 e. The topological polar surface area (TPSA) is 90.5 Å². The molecule has 1 atom stereocenters. The van der Waals surface area contributed by atoms with Gasteiger partial charge in [-0.25, -0.2) is 10.3 Å². The smallest absolute Gasteiger partial charge is 0.339 e. The van der Waals surface area contributed by atoms with Gasteiger partial charge in [0.15, 0.2) is 0 Å². The van der Waals surface area contributed by atoms with Crippen molar-refractivity contribution in [2.45, 2.75) is 51.6 Å². The Bertz CT molecular complexity index is 275. The highest BCUT2D eigenvalue weighted by Crippen LogP contribution is 2.18. The third-order valence-corrected chi connectivity index (χ3v) is 3.04. The van der Waals surface area contributed by atoms with Crippen molar-refractivity contribution >= 4 is 11.9 Å². The number of carbonyl (C=O) groups excluding carboxylic acids is 2. The van der Waals surface area contributed by atoms with Crippen LogP contribution in [0.1, 0.15) is 39.5 Å². The minimum Gasteiger partial charge on any atom is -0.352 e.